The maximum absolute atomic E-state index is 11.2. The fourth-order valence-electron chi connectivity index (χ4n) is 2.55. The first-order valence-corrected chi connectivity index (χ1v) is 10.4. The van der Waals surface area contributed by atoms with Gasteiger partial charge in [-0.2, -0.15) is 0 Å². The van der Waals surface area contributed by atoms with Gasteiger partial charge in [-0.25, -0.2) is 8.42 Å². The average Bonchev–Trinajstić information content (AvgIpc) is 2.38. The lowest BCUT2D eigenvalue weighted by Gasteiger charge is -2.14. The topological polar surface area (TPSA) is 46.2 Å². The highest BCUT2D eigenvalue weighted by Crippen LogP contribution is 2.12. The largest absolute Gasteiger partial charge is 0.316 e. The van der Waals surface area contributed by atoms with E-state index in [1.807, 2.05) is 7.05 Å². The Morgan fingerprint density at radius 1 is 0.850 bits per heavy atom. The number of sulfone groups is 1. The molecule has 3 nitrogen and oxygen atoms in total. The van der Waals surface area contributed by atoms with Crippen LogP contribution in [-0.2, 0) is 9.84 Å². The van der Waals surface area contributed by atoms with Gasteiger partial charge in [0.05, 0.1) is 5.75 Å². The zero-order valence-electron chi connectivity index (χ0n) is 13.8. The minimum Gasteiger partial charge on any atom is -0.316 e. The van der Waals surface area contributed by atoms with Crippen molar-refractivity contribution in [1.82, 2.24) is 5.32 Å². The number of unbranched alkanes of at least 4 members (excludes halogenated alkanes) is 9. The molecule has 0 fully saturated rings. The molecule has 0 saturated carbocycles. The molecule has 0 rings (SSSR count). The summed E-state index contributed by atoms with van der Waals surface area (Å²) in [6, 6.07) is 0.124. The van der Waals surface area contributed by atoms with Crippen LogP contribution >= 0.6 is 0 Å². The number of nitrogens with one attached hydrogen (secondary N) is 1. The normalized spacial score (nSPS) is 13.6. The molecule has 4 heteroatoms. The fourth-order valence-corrected chi connectivity index (χ4v) is 3.62. The first-order chi connectivity index (χ1) is 9.49. The summed E-state index contributed by atoms with van der Waals surface area (Å²) >= 11 is 0. The van der Waals surface area contributed by atoms with Crippen LogP contribution in [0.4, 0.5) is 0 Å². The Bertz CT molecular complexity index is 302. The van der Waals surface area contributed by atoms with Gasteiger partial charge in [-0.15, -0.1) is 0 Å². The molecule has 0 aromatic carbocycles. The van der Waals surface area contributed by atoms with E-state index in [4.69, 9.17) is 0 Å². The van der Waals surface area contributed by atoms with E-state index in [-0.39, 0.29) is 11.8 Å². The van der Waals surface area contributed by atoms with Crippen LogP contribution in [0.1, 0.15) is 77.6 Å². The van der Waals surface area contributed by atoms with Crippen LogP contribution in [0.25, 0.3) is 0 Å². The highest BCUT2D eigenvalue weighted by molar-refractivity contribution is 7.90. The maximum Gasteiger partial charge on any atom is 0.148 e. The first-order valence-electron chi connectivity index (χ1n) is 8.34. The predicted octanol–water partition coefficient (Wildman–Crippen LogP) is 3.93. The standard InChI is InChI=1S/C16H35NO2S/c1-4-5-6-7-8-9-10-11-12-13-14-16(17-2)15-20(3,18)19/h16-17H,4-15H2,1-3H3. The third-order valence-corrected chi connectivity index (χ3v) is 4.83. The lowest BCUT2D eigenvalue weighted by atomic mass is 10.0. The van der Waals surface area contributed by atoms with Crippen molar-refractivity contribution >= 4 is 9.84 Å². The molecule has 0 aliphatic heterocycles. The van der Waals surface area contributed by atoms with Gasteiger partial charge in [-0.05, 0) is 13.5 Å². The zero-order valence-corrected chi connectivity index (χ0v) is 14.6. The summed E-state index contributed by atoms with van der Waals surface area (Å²) in [6.45, 7) is 2.25. The van der Waals surface area contributed by atoms with Crippen LogP contribution in [0.15, 0.2) is 0 Å². The Hall–Kier alpha value is -0.0900. The highest BCUT2D eigenvalue weighted by Gasteiger charge is 2.12. The number of hydrogen-bond acceptors (Lipinski definition) is 3. The van der Waals surface area contributed by atoms with E-state index in [0.717, 1.165) is 12.8 Å². The second-order valence-corrected chi connectivity index (χ2v) is 8.23. The fraction of sp³-hybridized carbons (Fsp3) is 1.00. The Morgan fingerprint density at radius 3 is 1.70 bits per heavy atom. The first kappa shape index (κ1) is 19.9. The third-order valence-electron chi connectivity index (χ3n) is 3.82. The number of hydrogen-bond donors (Lipinski definition) is 1. The van der Waals surface area contributed by atoms with Crippen molar-refractivity contribution in [3.8, 4) is 0 Å². The molecule has 0 aliphatic rings. The summed E-state index contributed by atoms with van der Waals surface area (Å²) in [4.78, 5) is 0. The van der Waals surface area contributed by atoms with Crippen molar-refractivity contribution in [2.24, 2.45) is 0 Å². The minimum absolute atomic E-state index is 0.124. The Kier molecular flexibility index (Phi) is 12.6. The van der Waals surface area contributed by atoms with Crippen LogP contribution in [0, 0.1) is 0 Å². The Labute approximate surface area is 126 Å². The van der Waals surface area contributed by atoms with Crippen molar-refractivity contribution in [1.29, 1.82) is 0 Å². The van der Waals surface area contributed by atoms with Crippen LogP contribution in [0.2, 0.25) is 0 Å². The molecule has 0 heterocycles. The van der Waals surface area contributed by atoms with E-state index >= 15 is 0 Å². The lowest BCUT2D eigenvalue weighted by molar-refractivity contribution is 0.498. The molecule has 1 N–H and O–H groups in total. The van der Waals surface area contributed by atoms with E-state index in [9.17, 15) is 8.42 Å². The molecule has 0 aromatic heterocycles. The summed E-state index contributed by atoms with van der Waals surface area (Å²) < 4.78 is 22.5. The maximum atomic E-state index is 11.2. The Balaban J connectivity index is 3.38. The van der Waals surface area contributed by atoms with Gasteiger partial charge in [0.15, 0.2) is 0 Å². The van der Waals surface area contributed by atoms with Gasteiger partial charge < -0.3 is 5.32 Å². The summed E-state index contributed by atoms with van der Waals surface area (Å²) in [6.07, 6.45) is 15.5. The van der Waals surface area contributed by atoms with Crippen molar-refractivity contribution < 1.29 is 8.42 Å². The van der Waals surface area contributed by atoms with Crippen molar-refractivity contribution in [3.05, 3.63) is 0 Å². The predicted molar refractivity (Wildman–Crippen MR) is 89.0 cm³/mol. The molecule has 0 radical (unpaired) electrons. The van der Waals surface area contributed by atoms with E-state index < -0.39 is 9.84 Å². The van der Waals surface area contributed by atoms with E-state index in [0.29, 0.717) is 0 Å². The zero-order chi connectivity index (χ0) is 15.3. The molecule has 1 unspecified atom stereocenters. The third kappa shape index (κ3) is 14.3. The molecule has 0 saturated heterocycles. The van der Waals surface area contributed by atoms with Gasteiger partial charge in [0, 0.05) is 12.3 Å². The van der Waals surface area contributed by atoms with E-state index in [1.165, 1.54) is 64.0 Å². The summed E-state index contributed by atoms with van der Waals surface area (Å²) in [7, 11) is -1.01. The van der Waals surface area contributed by atoms with Crippen molar-refractivity contribution in [3.63, 3.8) is 0 Å². The molecule has 0 bridgehead atoms. The summed E-state index contributed by atoms with van der Waals surface area (Å²) in [5, 5.41) is 3.11. The van der Waals surface area contributed by atoms with Crippen LogP contribution < -0.4 is 5.32 Å². The van der Waals surface area contributed by atoms with Crippen LogP contribution in [0.3, 0.4) is 0 Å². The summed E-state index contributed by atoms with van der Waals surface area (Å²) in [5.74, 6) is 0.265. The van der Waals surface area contributed by atoms with Crippen molar-refractivity contribution in [2.75, 3.05) is 19.1 Å². The molecular weight excluding hydrogens is 270 g/mol. The monoisotopic (exact) mass is 305 g/mol. The van der Waals surface area contributed by atoms with Crippen LogP contribution in [0.5, 0.6) is 0 Å². The smallest absolute Gasteiger partial charge is 0.148 e. The molecular formula is C16H35NO2S. The molecule has 0 aromatic rings. The van der Waals surface area contributed by atoms with Gasteiger partial charge in [-0.3, -0.25) is 0 Å². The molecule has 20 heavy (non-hydrogen) atoms. The van der Waals surface area contributed by atoms with Gasteiger partial charge in [-0.1, -0.05) is 71.1 Å². The van der Waals surface area contributed by atoms with Gasteiger partial charge in [0.25, 0.3) is 0 Å². The molecule has 1 atom stereocenters. The quantitative estimate of drug-likeness (QED) is 0.495. The van der Waals surface area contributed by atoms with Crippen molar-refractivity contribution in [2.45, 2.75) is 83.6 Å². The molecule has 122 valence electrons. The SMILES string of the molecule is CCCCCCCCCCCCC(CS(C)(=O)=O)NC. The van der Waals surface area contributed by atoms with Gasteiger partial charge in [0.1, 0.15) is 9.84 Å². The summed E-state index contributed by atoms with van der Waals surface area (Å²) in [5.41, 5.74) is 0. The molecule has 0 aliphatic carbocycles. The average molecular weight is 306 g/mol. The number of rotatable bonds is 14. The van der Waals surface area contributed by atoms with Gasteiger partial charge in [0.2, 0.25) is 0 Å². The van der Waals surface area contributed by atoms with E-state index in [1.54, 1.807) is 0 Å². The molecule has 0 spiro atoms. The highest BCUT2D eigenvalue weighted by atomic mass is 32.2. The molecule has 0 amide bonds. The lowest BCUT2D eigenvalue weighted by Crippen LogP contribution is -2.32. The van der Waals surface area contributed by atoms with Crippen LogP contribution in [-0.4, -0.2) is 33.5 Å². The second-order valence-electron chi connectivity index (χ2n) is 6.05. The Morgan fingerprint density at radius 2 is 1.30 bits per heavy atom. The minimum atomic E-state index is -2.86. The second kappa shape index (κ2) is 12.6. The van der Waals surface area contributed by atoms with Gasteiger partial charge >= 0.3 is 0 Å². The van der Waals surface area contributed by atoms with E-state index in [2.05, 4.69) is 12.2 Å².